The summed E-state index contributed by atoms with van der Waals surface area (Å²) >= 11 is 12.3. The second-order valence-corrected chi connectivity index (χ2v) is 6.58. The second kappa shape index (κ2) is 7.72. The van der Waals surface area contributed by atoms with Gasteiger partial charge in [-0.1, -0.05) is 65.2 Å². The molecule has 0 atom stereocenters. The first-order valence-corrected chi connectivity index (χ1v) is 8.58. The highest BCUT2D eigenvalue weighted by Gasteiger charge is 2.11. The molecule has 128 valence electrons. The fourth-order valence-corrected chi connectivity index (χ4v) is 2.85. The van der Waals surface area contributed by atoms with Crippen LogP contribution in [0.25, 0.3) is 0 Å². The van der Waals surface area contributed by atoms with Crippen LogP contribution in [0.2, 0.25) is 10.0 Å². The molecule has 1 amide bonds. The third kappa shape index (κ3) is 4.41. The number of amides is 1. The Morgan fingerprint density at radius 3 is 2.64 bits per heavy atom. The minimum absolute atomic E-state index is 0.0946. The largest absolute Gasteiger partial charge is 0.311 e. The molecular weight excluding hydrogens is 357 g/mol. The predicted molar refractivity (Wildman–Crippen MR) is 101 cm³/mol. The van der Waals surface area contributed by atoms with E-state index in [1.165, 1.54) is 5.56 Å². The van der Waals surface area contributed by atoms with Gasteiger partial charge in [-0.2, -0.15) is 5.10 Å². The highest BCUT2D eigenvalue weighted by molar-refractivity contribution is 6.42. The maximum atomic E-state index is 12.3. The van der Waals surface area contributed by atoms with Crippen LogP contribution in [0.3, 0.4) is 0 Å². The molecule has 3 aromatic rings. The van der Waals surface area contributed by atoms with Gasteiger partial charge < -0.3 is 5.32 Å². The molecule has 6 heteroatoms. The second-order valence-electron chi connectivity index (χ2n) is 5.80. The lowest BCUT2D eigenvalue weighted by molar-refractivity contribution is -0.115. The van der Waals surface area contributed by atoms with E-state index in [1.54, 1.807) is 23.0 Å². The lowest BCUT2D eigenvalue weighted by atomic mass is 10.1. The monoisotopic (exact) mass is 373 g/mol. The SMILES string of the molecule is Cc1ccc(CC(=O)Nc2ccnn2Cc2cccc(Cl)c2Cl)cc1. The first kappa shape index (κ1) is 17.5. The Balaban J connectivity index is 1.70. The van der Waals surface area contributed by atoms with E-state index in [0.717, 1.165) is 11.1 Å². The van der Waals surface area contributed by atoms with Gasteiger partial charge in [0.05, 0.1) is 29.2 Å². The Labute approximate surface area is 156 Å². The molecule has 0 radical (unpaired) electrons. The number of nitrogens with one attached hydrogen (secondary N) is 1. The summed E-state index contributed by atoms with van der Waals surface area (Å²) in [5.74, 6) is 0.524. The van der Waals surface area contributed by atoms with Crippen molar-refractivity contribution in [2.24, 2.45) is 0 Å². The molecule has 0 aliphatic heterocycles. The lowest BCUT2D eigenvalue weighted by Crippen LogP contribution is -2.18. The van der Waals surface area contributed by atoms with Crippen LogP contribution in [-0.2, 0) is 17.8 Å². The summed E-state index contributed by atoms with van der Waals surface area (Å²) < 4.78 is 1.69. The van der Waals surface area contributed by atoms with Crippen molar-refractivity contribution in [2.45, 2.75) is 19.9 Å². The van der Waals surface area contributed by atoms with Crippen LogP contribution < -0.4 is 5.32 Å². The summed E-state index contributed by atoms with van der Waals surface area (Å²) in [4.78, 5) is 12.3. The van der Waals surface area contributed by atoms with Crippen molar-refractivity contribution < 1.29 is 4.79 Å². The van der Waals surface area contributed by atoms with Crippen molar-refractivity contribution in [1.82, 2.24) is 9.78 Å². The molecule has 0 aliphatic rings. The van der Waals surface area contributed by atoms with Crippen molar-refractivity contribution in [3.8, 4) is 0 Å². The van der Waals surface area contributed by atoms with Crippen LogP contribution in [0.1, 0.15) is 16.7 Å². The van der Waals surface area contributed by atoms with E-state index in [2.05, 4.69) is 10.4 Å². The summed E-state index contributed by atoms with van der Waals surface area (Å²) in [6.45, 7) is 2.44. The van der Waals surface area contributed by atoms with Crippen LogP contribution >= 0.6 is 23.2 Å². The molecule has 0 aliphatic carbocycles. The molecule has 0 saturated carbocycles. The summed E-state index contributed by atoms with van der Waals surface area (Å²) in [6.07, 6.45) is 1.95. The number of halogens is 2. The minimum atomic E-state index is -0.0946. The quantitative estimate of drug-likeness (QED) is 0.702. The number of benzene rings is 2. The van der Waals surface area contributed by atoms with Gasteiger partial charge in [0, 0.05) is 6.07 Å². The van der Waals surface area contributed by atoms with Crippen LogP contribution in [0, 0.1) is 6.92 Å². The van der Waals surface area contributed by atoms with Crippen LogP contribution in [-0.4, -0.2) is 15.7 Å². The summed E-state index contributed by atoms with van der Waals surface area (Å²) in [5.41, 5.74) is 2.97. The van der Waals surface area contributed by atoms with Gasteiger partial charge in [-0.25, -0.2) is 4.68 Å². The molecule has 0 bridgehead atoms. The maximum Gasteiger partial charge on any atom is 0.229 e. The first-order chi connectivity index (χ1) is 12.0. The first-order valence-electron chi connectivity index (χ1n) is 7.83. The smallest absolute Gasteiger partial charge is 0.229 e. The third-order valence-electron chi connectivity index (χ3n) is 3.82. The van der Waals surface area contributed by atoms with Crippen molar-refractivity contribution in [2.75, 3.05) is 5.32 Å². The third-order valence-corrected chi connectivity index (χ3v) is 4.68. The van der Waals surface area contributed by atoms with Gasteiger partial charge in [0.2, 0.25) is 5.91 Å². The molecule has 0 spiro atoms. The standard InChI is InChI=1S/C19H17Cl2N3O/c1-13-5-7-14(8-6-13)11-18(25)23-17-9-10-22-24(17)12-15-3-2-4-16(20)19(15)21/h2-10H,11-12H2,1H3,(H,23,25). The fourth-order valence-electron chi connectivity index (χ4n) is 2.48. The molecule has 1 aromatic heterocycles. The fraction of sp³-hybridized carbons (Fsp3) is 0.158. The number of aryl methyl sites for hydroxylation is 1. The molecule has 4 nitrogen and oxygen atoms in total. The van der Waals surface area contributed by atoms with Gasteiger partial charge in [-0.05, 0) is 24.1 Å². The predicted octanol–water partition coefficient (Wildman–Crippen LogP) is 4.73. The number of carbonyl (C=O) groups is 1. The van der Waals surface area contributed by atoms with Gasteiger partial charge in [-0.3, -0.25) is 4.79 Å². The van der Waals surface area contributed by atoms with Crippen LogP contribution in [0.4, 0.5) is 5.82 Å². The number of aromatic nitrogens is 2. The molecule has 0 saturated heterocycles. The Morgan fingerprint density at radius 1 is 1.12 bits per heavy atom. The number of carbonyl (C=O) groups excluding carboxylic acids is 1. The van der Waals surface area contributed by atoms with Crippen molar-refractivity contribution in [3.63, 3.8) is 0 Å². The zero-order valence-corrected chi connectivity index (χ0v) is 15.2. The van der Waals surface area contributed by atoms with Gasteiger partial charge in [0.25, 0.3) is 0 Å². The molecule has 1 heterocycles. The molecular formula is C19H17Cl2N3O. The zero-order valence-electron chi connectivity index (χ0n) is 13.7. The number of nitrogens with zero attached hydrogens (tertiary/aromatic N) is 2. The molecule has 0 unspecified atom stereocenters. The Bertz CT molecular complexity index is 888. The van der Waals surface area contributed by atoms with Gasteiger partial charge in [-0.15, -0.1) is 0 Å². The van der Waals surface area contributed by atoms with E-state index in [9.17, 15) is 4.79 Å². The van der Waals surface area contributed by atoms with E-state index < -0.39 is 0 Å². The lowest BCUT2D eigenvalue weighted by Gasteiger charge is -2.11. The molecule has 1 N–H and O–H groups in total. The normalized spacial score (nSPS) is 10.7. The topological polar surface area (TPSA) is 46.9 Å². The highest BCUT2D eigenvalue weighted by Crippen LogP contribution is 2.26. The van der Waals surface area contributed by atoms with Crippen molar-refractivity contribution in [3.05, 3.63) is 81.5 Å². The van der Waals surface area contributed by atoms with Crippen molar-refractivity contribution in [1.29, 1.82) is 0 Å². The summed E-state index contributed by atoms with van der Waals surface area (Å²) in [6, 6.07) is 15.1. The van der Waals surface area contributed by atoms with E-state index in [1.807, 2.05) is 43.3 Å². The molecule has 2 aromatic carbocycles. The van der Waals surface area contributed by atoms with Gasteiger partial charge in [0.15, 0.2) is 0 Å². The van der Waals surface area contributed by atoms with Crippen LogP contribution in [0.15, 0.2) is 54.7 Å². The number of hydrogen-bond acceptors (Lipinski definition) is 2. The number of anilines is 1. The average molecular weight is 374 g/mol. The van der Waals surface area contributed by atoms with Gasteiger partial charge >= 0.3 is 0 Å². The van der Waals surface area contributed by atoms with Crippen molar-refractivity contribution >= 4 is 34.9 Å². The molecule has 0 fully saturated rings. The number of rotatable bonds is 5. The van der Waals surface area contributed by atoms with E-state index in [0.29, 0.717) is 28.8 Å². The minimum Gasteiger partial charge on any atom is -0.311 e. The molecule has 25 heavy (non-hydrogen) atoms. The number of hydrogen-bond donors (Lipinski definition) is 1. The maximum absolute atomic E-state index is 12.3. The average Bonchev–Trinajstić information content (AvgIpc) is 3.01. The van der Waals surface area contributed by atoms with E-state index in [-0.39, 0.29) is 5.91 Å². The Morgan fingerprint density at radius 2 is 1.88 bits per heavy atom. The van der Waals surface area contributed by atoms with Gasteiger partial charge in [0.1, 0.15) is 5.82 Å². The Kier molecular flexibility index (Phi) is 5.41. The Hall–Kier alpha value is -2.30. The summed E-state index contributed by atoms with van der Waals surface area (Å²) in [7, 11) is 0. The van der Waals surface area contributed by atoms with E-state index >= 15 is 0 Å². The highest BCUT2D eigenvalue weighted by atomic mass is 35.5. The summed E-state index contributed by atoms with van der Waals surface area (Å²) in [5, 5.41) is 8.14. The molecule has 3 rings (SSSR count). The van der Waals surface area contributed by atoms with E-state index in [4.69, 9.17) is 23.2 Å². The zero-order chi connectivity index (χ0) is 17.8. The van der Waals surface area contributed by atoms with Crippen LogP contribution in [0.5, 0.6) is 0 Å².